The van der Waals surface area contributed by atoms with Crippen molar-refractivity contribution in [2.45, 2.75) is 81.1 Å². The highest BCUT2D eigenvalue weighted by Crippen LogP contribution is 2.45. The van der Waals surface area contributed by atoms with Gasteiger partial charge in [0.25, 0.3) is 0 Å². The van der Waals surface area contributed by atoms with Crippen molar-refractivity contribution in [2.24, 2.45) is 0 Å². The minimum absolute atomic E-state index is 0.951. The third-order valence-electron chi connectivity index (χ3n) is 9.50. The van der Waals surface area contributed by atoms with Crippen LogP contribution in [-0.2, 0) is 6.42 Å². The molecule has 0 saturated heterocycles. The fourth-order valence-corrected chi connectivity index (χ4v) is 6.70. The largest absolute Gasteiger partial charge is 0.0984 e. The molecule has 54 heavy (non-hydrogen) atoms. The van der Waals surface area contributed by atoms with E-state index in [1.54, 1.807) is 0 Å². The van der Waals surface area contributed by atoms with Crippen LogP contribution in [0.1, 0.15) is 123 Å². The van der Waals surface area contributed by atoms with Gasteiger partial charge in [-0.25, -0.2) is 0 Å². The van der Waals surface area contributed by atoms with Crippen LogP contribution in [0.25, 0.3) is 69.9 Å². The summed E-state index contributed by atoms with van der Waals surface area (Å²) < 4.78 is 0. The molecule has 0 saturated carbocycles. The van der Waals surface area contributed by atoms with Crippen LogP contribution < -0.4 is 0 Å². The monoisotopic (exact) mass is 713 g/mol. The van der Waals surface area contributed by atoms with Crippen LogP contribution in [0, 0.1) is 6.92 Å². The molecular weight excluding hydrogens is 649 g/mol. The average molecular weight is 713 g/mol. The fraction of sp³-hybridized carbons (Fsp3) is 0.222. The van der Waals surface area contributed by atoms with Crippen molar-refractivity contribution in [1.29, 1.82) is 0 Å². The standard InChI is InChI=1S/C46H42.C4H10.2C2H6/c1-9-33(26-25-32(8)41-23-17-19-31(7)37(41)11-3)35-27-29-36(30-28-35)45-39(13-5)40(14-6)46(44-22-16-15-21-43(44)45)42-24-18-20-34(10-2)38(42)12-4;1-3-4-2;2*1-2/h9-14,16-20,22-30H,1-6,15,21H2,7-8H3;3-4H2,1-2H3;2*1-2H3/b32-25+,33-26+;;;. The lowest BCUT2D eigenvalue weighted by Gasteiger charge is -2.26. The number of benzene rings is 4. The Balaban J connectivity index is 0.00000116. The Morgan fingerprint density at radius 1 is 0.648 bits per heavy atom. The zero-order valence-corrected chi connectivity index (χ0v) is 34.6. The van der Waals surface area contributed by atoms with Crippen molar-refractivity contribution in [3.63, 3.8) is 0 Å². The molecule has 4 aromatic rings. The summed E-state index contributed by atoms with van der Waals surface area (Å²) in [5.41, 5.74) is 18.5. The number of fused-ring (bicyclic) bond motifs is 1. The molecule has 0 fully saturated rings. The summed E-state index contributed by atoms with van der Waals surface area (Å²) in [6.07, 6.45) is 25.1. The Kier molecular flexibility index (Phi) is 19.3. The van der Waals surface area contributed by atoms with E-state index in [0.717, 1.165) is 57.4 Å². The molecule has 0 unspecified atom stereocenters. The summed E-state index contributed by atoms with van der Waals surface area (Å²) in [6.45, 7) is 41.6. The second kappa shape index (κ2) is 23.3. The van der Waals surface area contributed by atoms with Gasteiger partial charge in [-0.2, -0.15) is 0 Å². The van der Waals surface area contributed by atoms with E-state index in [0.29, 0.717) is 0 Å². The fourth-order valence-electron chi connectivity index (χ4n) is 6.70. The smallest absolute Gasteiger partial charge is 0.00237 e. The lowest BCUT2D eigenvalue weighted by Crippen LogP contribution is -2.06. The first-order chi connectivity index (χ1) is 26.3. The Labute approximate surface area is 329 Å². The molecule has 280 valence electrons. The molecule has 0 nitrogen and oxygen atoms in total. The van der Waals surface area contributed by atoms with E-state index >= 15 is 0 Å². The van der Waals surface area contributed by atoms with Crippen molar-refractivity contribution < 1.29 is 0 Å². The number of hydrogen-bond donors (Lipinski definition) is 0. The normalized spacial score (nSPS) is 11.6. The van der Waals surface area contributed by atoms with Gasteiger partial charge in [-0.15, -0.1) is 0 Å². The van der Waals surface area contributed by atoms with Gasteiger partial charge >= 0.3 is 0 Å². The highest BCUT2D eigenvalue weighted by Gasteiger charge is 2.24. The van der Waals surface area contributed by atoms with Crippen molar-refractivity contribution >= 4 is 47.6 Å². The van der Waals surface area contributed by atoms with Crippen LogP contribution >= 0.6 is 0 Å². The molecule has 0 atom stereocenters. The summed E-state index contributed by atoms with van der Waals surface area (Å²) in [5.74, 6) is 0. The first-order valence-corrected chi connectivity index (χ1v) is 19.7. The number of unbranched alkanes of at least 4 members (excludes halogenated alkanes) is 1. The zero-order valence-electron chi connectivity index (χ0n) is 34.6. The maximum absolute atomic E-state index is 4.29. The maximum Gasteiger partial charge on any atom is -0.00237 e. The van der Waals surface area contributed by atoms with Crippen LogP contribution in [0.15, 0.2) is 124 Å². The van der Waals surface area contributed by atoms with Gasteiger partial charge in [0.05, 0.1) is 0 Å². The summed E-state index contributed by atoms with van der Waals surface area (Å²) in [7, 11) is 0. The van der Waals surface area contributed by atoms with Gasteiger partial charge in [0.2, 0.25) is 0 Å². The summed E-state index contributed by atoms with van der Waals surface area (Å²) in [5, 5.41) is 0. The van der Waals surface area contributed by atoms with Gasteiger partial charge in [0, 0.05) is 0 Å². The summed E-state index contributed by atoms with van der Waals surface area (Å²) >= 11 is 0. The molecule has 0 spiro atoms. The lowest BCUT2D eigenvalue weighted by atomic mass is 9.77. The van der Waals surface area contributed by atoms with Gasteiger partial charge in [-0.1, -0.05) is 215 Å². The lowest BCUT2D eigenvalue weighted by molar-refractivity contribution is 0.886. The molecule has 1 aliphatic rings. The Hall–Kier alpha value is -5.46. The third kappa shape index (κ3) is 10.1. The Morgan fingerprint density at radius 3 is 1.80 bits per heavy atom. The second-order valence-electron chi connectivity index (χ2n) is 12.5. The molecule has 0 radical (unpaired) electrons. The quantitative estimate of drug-likeness (QED) is 0.128. The Morgan fingerprint density at radius 2 is 1.24 bits per heavy atom. The minimum atomic E-state index is 0.951. The van der Waals surface area contributed by atoms with Crippen LogP contribution in [0.2, 0.25) is 0 Å². The zero-order chi connectivity index (χ0) is 40.2. The molecule has 0 aliphatic heterocycles. The Bertz CT molecular complexity index is 2010. The van der Waals surface area contributed by atoms with Gasteiger partial charge in [0.1, 0.15) is 0 Å². The predicted molar refractivity (Wildman–Crippen MR) is 251 cm³/mol. The van der Waals surface area contributed by atoms with Crippen molar-refractivity contribution in [1.82, 2.24) is 0 Å². The second-order valence-corrected chi connectivity index (χ2v) is 12.5. The van der Waals surface area contributed by atoms with E-state index in [-0.39, 0.29) is 0 Å². The highest BCUT2D eigenvalue weighted by atomic mass is 14.3. The molecule has 1 aliphatic carbocycles. The molecule has 0 amide bonds. The SMILES string of the molecule is C=C/C(=C\C=C(/C)c1cccc(C)c1C=C)c1ccc(-c2c(C=C)c(C=C)c(-c3cccc(C=C)c3C=C)c3c2CCC=C3)cc1.CC.CC.CCCC. The first-order valence-electron chi connectivity index (χ1n) is 19.7. The maximum atomic E-state index is 4.29. The molecule has 0 N–H and O–H groups in total. The number of rotatable bonds is 12. The highest BCUT2D eigenvalue weighted by molar-refractivity contribution is 5.98. The number of hydrogen-bond acceptors (Lipinski definition) is 0. The molecule has 0 heterocycles. The molecule has 5 rings (SSSR count). The van der Waals surface area contributed by atoms with Gasteiger partial charge in [0.15, 0.2) is 0 Å². The van der Waals surface area contributed by atoms with Crippen molar-refractivity contribution in [3.8, 4) is 22.3 Å². The van der Waals surface area contributed by atoms with Crippen LogP contribution in [0.5, 0.6) is 0 Å². The predicted octanol–water partition coefficient (Wildman–Crippen LogP) is 17.0. The van der Waals surface area contributed by atoms with Crippen LogP contribution in [0.3, 0.4) is 0 Å². The van der Waals surface area contributed by atoms with Crippen LogP contribution in [-0.4, -0.2) is 0 Å². The molecule has 0 aromatic heterocycles. The topological polar surface area (TPSA) is 0 Å². The third-order valence-corrected chi connectivity index (χ3v) is 9.50. The van der Waals surface area contributed by atoms with Gasteiger partial charge in [-0.3, -0.25) is 0 Å². The van der Waals surface area contributed by atoms with E-state index < -0.39 is 0 Å². The molecule has 0 bridgehead atoms. The summed E-state index contributed by atoms with van der Waals surface area (Å²) in [4.78, 5) is 0. The minimum Gasteiger partial charge on any atom is -0.0984 e. The van der Waals surface area contributed by atoms with Gasteiger partial charge in [-0.05, 0) is 116 Å². The summed E-state index contributed by atoms with van der Waals surface area (Å²) in [6, 6.07) is 21.5. The van der Waals surface area contributed by atoms with E-state index in [9.17, 15) is 0 Å². The molecule has 0 heteroatoms. The average Bonchev–Trinajstić information content (AvgIpc) is 3.24. The van der Waals surface area contributed by atoms with Gasteiger partial charge < -0.3 is 0 Å². The van der Waals surface area contributed by atoms with Crippen molar-refractivity contribution in [2.75, 3.05) is 0 Å². The van der Waals surface area contributed by atoms with E-state index in [2.05, 4.69) is 152 Å². The van der Waals surface area contributed by atoms with Crippen molar-refractivity contribution in [3.05, 3.63) is 180 Å². The molecule has 4 aromatic carbocycles. The van der Waals surface area contributed by atoms with E-state index in [1.165, 1.54) is 57.4 Å². The number of aryl methyl sites for hydroxylation is 1. The van der Waals surface area contributed by atoms with E-state index in [4.69, 9.17) is 0 Å². The van der Waals surface area contributed by atoms with E-state index in [1.807, 2.05) is 64.2 Å². The van der Waals surface area contributed by atoms with Crippen LogP contribution in [0.4, 0.5) is 0 Å². The molecular formula is C54H64. The number of allylic oxidation sites excluding steroid dienone is 6. The first kappa shape index (κ1) is 44.7.